The molecule has 1 amide bonds. The summed E-state index contributed by atoms with van der Waals surface area (Å²) in [4.78, 5) is 28.7. The van der Waals surface area contributed by atoms with Crippen LogP contribution in [-0.2, 0) is 0 Å². The Morgan fingerprint density at radius 3 is 2.58 bits per heavy atom. The van der Waals surface area contributed by atoms with Gasteiger partial charge in [0.05, 0.1) is 5.60 Å². The number of benzene rings is 1. The van der Waals surface area contributed by atoms with Gasteiger partial charge in [-0.3, -0.25) is 9.59 Å². The van der Waals surface area contributed by atoms with Crippen LogP contribution in [0.2, 0.25) is 5.02 Å². The van der Waals surface area contributed by atoms with E-state index < -0.39 is 5.60 Å². The molecular formula is C24H29ClN2O4. The van der Waals surface area contributed by atoms with E-state index >= 15 is 0 Å². The highest BCUT2D eigenvalue weighted by Gasteiger charge is 2.31. The fourth-order valence-electron chi connectivity index (χ4n) is 3.99. The molecule has 1 aromatic carbocycles. The van der Waals surface area contributed by atoms with Crippen molar-refractivity contribution in [3.05, 3.63) is 52.7 Å². The van der Waals surface area contributed by atoms with Crippen molar-refractivity contribution in [1.29, 1.82) is 0 Å². The Morgan fingerprint density at radius 1 is 1.23 bits per heavy atom. The molecule has 1 aliphatic rings. The van der Waals surface area contributed by atoms with Crippen LogP contribution in [0, 0.1) is 11.8 Å². The SMILES string of the molecule is CC(=O)c1cc(Cl)cc(Oc2ncccc2C(=O)NC[C@H]2CC[C@H](C(C)(C)O)CC2)c1. The van der Waals surface area contributed by atoms with E-state index in [2.05, 4.69) is 10.3 Å². The molecule has 166 valence electrons. The number of carbonyl (C=O) groups is 2. The molecule has 0 bridgehead atoms. The maximum Gasteiger partial charge on any atom is 0.256 e. The van der Waals surface area contributed by atoms with Gasteiger partial charge in [-0.2, -0.15) is 0 Å². The molecule has 1 aliphatic carbocycles. The smallest absolute Gasteiger partial charge is 0.256 e. The number of hydrogen-bond acceptors (Lipinski definition) is 5. The van der Waals surface area contributed by atoms with Crippen LogP contribution in [0.4, 0.5) is 0 Å². The van der Waals surface area contributed by atoms with Gasteiger partial charge < -0.3 is 15.2 Å². The predicted octanol–water partition coefficient (Wildman–Crippen LogP) is 5.04. The Labute approximate surface area is 188 Å². The lowest BCUT2D eigenvalue weighted by molar-refractivity contribution is -0.00575. The summed E-state index contributed by atoms with van der Waals surface area (Å²) in [5, 5.41) is 13.5. The first-order chi connectivity index (χ1) is 14.6. The second-order valence-corrected chi connectivity index (χ2v) is 9.21. The molecular weight excluding hydrogens is 416 g/mol. The van der Waals surface area contributed by atoms with Crippen LogP contribution < -0.4 is 10.1 Å². The molecule has 1 saturated carbocycles. The first-order valence-electron chi connectivity index (χ1n) is 10.6. The normalized spacial score (nSPS) is 19.0. The summed E-state index contributed by atoms with van der Waals surface area (Å²) < 4.78 is 5.81. The molecule has 2 N–H and O–H groups in total. The molecule has 0 radical (unpaired) electrons. The lowest BCUT2D eigenvalue weighted by atomic mass is 9.75. The fourth-order valence-corrected chi connectivity index (χ4v) is 4.21. The number of rotatable bonds is 7. The maximum atomic E-state index is 12.8. The van der Waals surface area contributed by atoms with E-state index in [1.807, 2.05) is 13.8 Å². The minimum absolute atomic E-state index is 0.134. The third-order valence-corrected chi connectivity index (χ3v) is 6.12. The zero-order valence-electron chi connectivity index (χ0n) is 18.2. The van der Waals surface area contributed by atoms with Gasteiger partial charge in [0, 0.05) is 23.3 Å². The number of halogens is 1. The van der Waals surface area contributed by atoms with Crippen molar-refractivity contribution in [2.24, 2.45) is 11.8 Å². The number of ether oxygens (including phenoxy) is 1. The number of hydrogen-bond donors (Lipinski definition) is 2. The van der Waals surface area contributed by atoms with E-state index in [0.29, 0.717) is 40.3 Å². The van der Waals surface area contributed by atoms with Crippen LogP contribution >= 0.6 is 11.6 Å². The van der Waals surface area contributed by atoms with Crippen molar-refractivity contribution in [1.82, 2.24) is 10.3 Å². The molecule has 1 fully saturated rings. The highest BCUT2D eigenvalue weighted by Crippen LogP contribution is 2.35. The molecule has 7 heteroatoms. The minimum atomic E-state index is -0.654. The fraction of sp³-hybridized carbons (Fsp3) is 0.458. The Morgan fingerprint density at radius 2 is 1.94 bits per heavy atom. The van der Waals surface area contributed by atoms with Gasteiger partial charge in [0.2, 0.25) is 5.88 Å². The number of pyridine rings is 1. The highest BCUT2D eigenvalue weighted by molar-refractivity contribution is 6.31. The van der Waals surface area contributed by atoms with Gasteiger partial charge in [-0.25, -0.2) is 4.98 Å². The molecule has 31 heavy (non-hydrogen) atoms. The lowest BCUT2D eigenvalue weighted by Crippen LogP contribution is -2.37. The first-order valence-corrected chi connectivity index (χ1v) is 11.0. The second-order valence-electron chi connectivity index (χ2n) is 8.77. The third kappa shape index (κ3) is 6.28. The predicted molar refractivity (Wildman–Crippen MR) is 120 cm³/mol. The molecule has 0 saturated heterocycles. The van der Waals surface area contributed by atoms with E-state index in [4.69, 9.17) is 16.3 Å². The van der Waals surface area contributed by atoms with Gasteiger partial charge in [-0.1, -0.05) is 11.6 Å². The van der Waals surface area contributed by atoms with Gasteiger partial charge in [-0.05, 0) is 88.6 Å². The highest BCUT2D eigenvalue weighted by atomic mass is 35.5. The molecule has 6 nitrogen and oxygen atoms in total. The lowest BCUT2D eigenvalue weighted by Gasteiger charge is -2.35. The summed E-state index contributed by atoms with van der Waals surface area (Å²) in [5.41, 5.74) is 0.0850. The van der Waals surface area contributed by atoms with Crippen molar-refractivity contribution in [3.8, 4) is 11.6 Å². The number of Topliss-reactive ketones (excluding diaryl/α,β-unsaturated/α-hetero) is 1. The Hall–Kier alpha value is -2.44. The average molecular weight is 445 g/mol. The number of carbonyl (C=O) groups excluding carboxylic acids is 2. The summed E-state index contributed by atoms with van der Waals surface area (Å²) in [6.07, 6.45) is 5.40. The monoisotopic (exact) mass is 444 g/mol. The molecule has 3 rings (SSSR count). The zero-order valence-corrected chi connectivity index (χ0v) is 18.9. The van der Waals surface area contributed by atoms with Crippen molar-refractivity contribution < 1.29 is 19.4 Å². The average Bonchev–Trinajstić information content (AvgIpc) is 2.71. The van der Waals surface area contributed by atoms with Crippen LogP contribution in [0.3, 0.4) is 0 Å². The summed E-state index contributed by atoms with van der Waals surface area (Å²) in [5.74, 6) is 0.787. The van der Waals surface area contributed by atoms with E-state index in [0.717, 1.165) is 25.7 Å². The standard InChI is InChI=1S/C24H29ClN2O4/c1-15(28)17-11-19(25)13-20(12-17)31-23-21(5-4-10-26-23)22(29)27-14-16-6-8-18(9-7-16)24(2,3)30/h4-5,10-13,16,18,30H,6-9,14H2,1-3H3,(H,27,29)/t16-,18-. The van der Waals surface area contributed by atoms with Crippen LogP contribution in [0.1, 0.15) is 67.2 Å². The molecule has 1 heterocycles. The van der Waals surface area contributed by atoms with Gasteiger partial charge in [-0.15, -0.1) is 0 Å². The van der Waals surface area contributed by atoms with Crippen LogP contribution in [0.25, 0.3) is 0 Å². The van der Waals surface area contributed by atoms with Crippen LogP contribution in [0.15, 0.2) is 36.5 Å². The molecule has 0 aliphatic heterocycles. The van der Waals surface area contributed by atoms with E-state index in [-0.39, 0.29) is 17.6 Å². The van der Waals surface area contributed by atoms with Crippen molar-refractivity contribution in [2.45, 2.75) is 52.1 Å². The Balaban J connectivity index is 1.64. The first kappa shape index (κ1) is 23.2. The molecule has 1 aromatic heterocycles. The Bertz CT molecular complexity index is 947. The molecule has 0 atom stereocenters. The number of nitrogens with zero attached hydrogens (tertiary/aromatic N) is 1. The summed E-state index contributed by atoms with van der Waals surface area (Å²) in [6.45, 7) is 5.74. The van der Waals surface area contributed by atoms with Gasteiger partial charge in [0.15, 0.2) is 5.78 Å². The maximum absolute atomic E-state index is 12.8. The number of ketones is 1. The molecule has 2 aromatic rings. The quantitative estimate of drug-likeness (QED) is 0.584. The van der Waals surface area contributed by atoms with Crippen molar-refractivity contribution in [3.63, 3.8) is 0 Å². The van der Waals surface area contributed by atoms with E-state index in [1.165, 1.54) is 6.92 Å². The molecule has 0 spiro atoms. The van der Waals surface area contributed by atoms with Crippen molar-refractivity contribution in [2.75, 3.05) is 6.54 Å². The third-order valence-electron chi connectivity index (χ3n) is 5.91. The topological polar surface area (TPSA) is 88.5 Å². The van der Waals surface area contributed by atoms with Crippen LogP contribution in [-0.4, -0.2) is 33.9 Å². The number of amides is 1. The number of aliphatic hydroxyl groups is 1. The summed E-state index contributed by atoms with van der Waals surface area (Å²) in [7, 11) is 0. The zero-order chi connectivity index (χ0) is 22.6. The summed E-state index contributed by atoms with van der Waals surface area (Å²) >= 11 is 6.09. The minimum Gasteiger partial charge on any atom is -0.438 e. The molecule has 0 unspecified atom stereocenters. The summed E-state index contributed by atoms with van der Waals surface area (Å²) in [6, 6.07) is 8.04. The van der Waals surface area contributed by atoms with Crippen LogP contribution in [0.5, 0.6) is 11.6 Å². The van der Waals surface area contributed by atoms with E-state index in [9.17, 15) is 14.7 Å². The van der Waals surface area contributed by atoms with Crippen molar-refractivity contribution >= 4 is 23.3 Å². The largest absolute Gasteiger partial charge is 0.438 e. The van der Waals surface area contributed by atoms with Gasteiger partial charge in [0.25, 0.3) is 5.91 Å². The number of nitrogens with one attached hydrogen (secondary N) is 1. The van der Waals surface area contributed by atoms with Gasteiger partial charge in [0.1, 0.15) is 11.3 Å². The Kier molecular flexibility index (Phi) is 7.34. The second kappa shape index (κ2) is 9.79. The van der Waals surface area contributed by atoms with E-state index in [1.54, 1.807) is 36.5 Å². The van der Waals surface area contributed by atoms with Gasteiger partial charge >= 0.3 is 0 Å². The number of aromatic nitrogens is 1.